The molecule has 0 atom stereocenters. The van der Waals surface area contributed by atoms with Gasteiger partial charge in [0.05, 0.1) is 7.11 Å². The summed E-state index contributed by atoms with van der Waals surface area (Å²) >= 11 is 0. The van der Waals surface area contributed by atoms with Crippen LogP contribution in [0.2, 0.25) is 0 Å². The normalized spacial score (nSPS) is 13.2. The highest BCUT2D eigenvalue weighted by atomic mass is 16.5. The van der Waals surface area contributed by atoms with Gasteiger partial charge in [-0.2, -0.15) is 0 Å². The number of carbonyl (C=O) groups excluding carboxylic acids is 1. The van der Waals surface area contributed by atoms with Crippen molar-refractivity contribution in [3.63, 3.8) is 0 Å². The number of fused-ring (bicyclic) bond motifs is 2. The number of hydrogen-bond donors (Lipinski definition) is 1. The minimum atomic E-state index is -0.491. The van der Waals surface area contributed by atoms with Crippen LogP contribution in [0.1, 0.15) is 47.3 Å². The maximum absolute atomic E-state index is 12.7. The molecule has 1 aliphatic rings. The van der Waals surface area contributed by atoms with Crippen LogP contribution in [0.3, 0.4) is 0 Å². The van der Waals surface area contributed by atoms with E-state index in [2.05, 4.69) is 13.8 Å². The SMILES string of the molecule is COc1c(CCC(C)C)ccc2c1C(=O)OCc1cc(C)cc(O)c1O2. The number of cyclic esters (lactones) is 1. The van der Waals surface area contributed by atoms with Crippen LogP contribution in [0, 0.1) is 12.8 Å². The van der Waals surface area contributed by atoms with Crippen molar-refractivity contribution in [2.24, 2.45) is 5.92 Å². The molecule has 0 bridgehead atoms. The number of aromatic hydroxyl groups is 1. The summed E-state index contributed by atoms with van der Waals surface area (Å²) in [4.78, 5) is 12.7. The van der Waals surface area contributed by atoms with Crippen molar-refractivity contribution in [2.75, 3.05) is 7.11 Å². The molecule has 0 unspecified atom stereocenters. The summed E-state index contributed by atoms with van der Waals surface area (Å²) in [6.07, 6.45) is 1.77. The summed E-state index contributed by atoms with van der Waals surface area (Å²) in [5, 5.41) is 10.3. The summed E-state index contributed by atoms with van der Waals surface area (Å²) in [5.41, 5.74) is 2.70. The first kappa shape index (κ1) is 18.1. The lowest BCUT2D eigenvalue weighted by Crippen LogP contribution is -2.14. The number of esters is 1. The van der Waals surface area contributed by atoms with E-state index in [0.29, 0.717) is 28.7 Å². The summed E-state index contributed by atoms with van der Waals surface area (Å²) in [6.45, 7) is 6.19. The van der Waals surface area contributed by atoms with E-state index in [1.54, 1.807) is 12.1 Å². The molecule has 3 rings (SSSR count). The minimum Gasteiger partial charge on any atom is -0.504 e. The fourth-order valence-corrected chi connectivity index (χ4v) is 3.14. The third-order valence-electron chi connectivity index (χ3n) is 4.46. The second-order valence-corrected chi connectivity index (χ2v) is 7.01. The number of ether oxygens (including phenoxy) is 3. The van der Waals surface area contributed by atoms with E-state index in [1.165, 1.54) is 7.11 Å². The van der Waals surface area contributed by atoms with Crippen LogP contribution in [0.4, 0.5) is 0 Å². The molecule has 1 aliphatic heterocycles. The van der Waals surface area contributed by atoms with Gasteiger partial charge < -0.3 is 19.3 Å². The van der Waals surface area contributed by atoms with Crippen LogP contribution < -0.4 is 9.47 Å². The number of methoxy groups -OCH3 is 1. The number of hydrogen-bond acceptors (Lipinski definition) is 5. The van der Waals surface area contributed by atoms with E-state index < -0.39 is 5.97 Å². The molecule has 0 fully saturated rings. The van der Waals surface area contributed by atoms with Crippen LogP contribution in [-0.2, 0) is 17.8 Å². The van der Waals surface area contributed by atoms with E-state index >= 15 is 0 Å². The van der Waals surface area contributed by atoms with Gasteiger partial charge in [0.1, 0.15) is 23.7 Å². The van der Waals surface area contributed by atoms with Crippen molar-refractivity contribution in [3.05, 3.63) is 46.5 Å². The molecular weight excluding hydrogens is 332 g/mol. The van der Waals surface area contributed by atoms with Crippen LogP contribution >= 0.6 is 0 Å². The maximum atomic E-state index is 12.7. The van der Waals surface area contributed by atoms with Crippen LogP contribution in [0.15, 0.2) is 24.3 Å². The predicted molar refractivity (Wildman–Crippen MR) is 98.2 cm³/mol. The number of aryl methyl sites for hydroxylation is 2. The zero-order valence-corrected chi connectivity index (χ0v) is 15.6. The Morgan fingerprint density at radius 3 is 2.73 bits per heavy atom. The lowest BCUT2D eigenvalue weighted by molar-refractivity contribution is 0.0454. The van der Waals surface area contributed by atoms with Gasteiger partial charge in [-0.1, -0.05) is 19.9 Å². The fourth-order valence-electron chi connectivity index (χ4n) is 3.14. The van der Waals surface area contributed by atoms with Gasteiger partial charge in [0.25, 0.3) is 0 Å². The van der Waals surface area contributed by atoms with E-state index in [-0.39, 0.29) is 17.9 Å². The smallest absolute Gasteiger partial charge is 0.346 e. The van der Waals surface area contributed by atoms with Gasteiger partial charge in [-0.25, -0.2) is 4.79 Å². The van der Waals surface area contributed by atoms with Crippen molar-refractivity contribution in [1.82, 2.24) is 0 Å². The Labute approximate surface area is 153 Å². The van der Waals surface area contributed by atoms with Crippen molar-refractivity contribution in [3.8, 4) is 23.0 Å². The van der Waals surface area contributed by atoms with Gasteiger partial charge >= 0.3 is 5.97 Å². The highest BCUT2D eigenvalue weighted by molar-refractivity contribution is 5.96. The number of phenols is 1. The molecule has 0 saturated heterocycles. The quantitative estimate of drug-likeness (QED) is 0.800. The van der Waals surface area contributed by atoms with Gasteiger partial charge in [-0.05, 0) is 55.0 Å². The molecule has 0 saturated carbocycles. The molecule has 1 heterocycles. The van der Waals surface area contributed by atoms with Gasteiger partial charge in [-0.3, -0.25) is 0 Å². The highest BCUT2D eigenvalue weighted by Crippen LogP contribution is 2.42. The Kier molecular flexibility index (Phi) is 5.07. The first-order chi connectivity index (χ1) is 12.4. The Morgan fingerprint density at radius 1 is 1.27 bits per heavy atom. The number of benzene rings is 2. The predicted octanol–water partition coefficient (Wildman–Crippen LogP) is 4.76. The first-order valence-corrected chi connectivity index (χ1v) is 8.78. The van der Waals surface area contributed by atoms with E-state index in [4.69, 9.17) is 14.2 Å². The number of rotatable bonds is 4. The Bertz CT molecular complexity index is 839. The molecule has 0 aromatic heterocycles. The van der Waals surface area contributed by atoms with Gasteiger partial charge in [0, 0.05) is 5.56 Å². The molecule has 5 nitrogen and oxygen atoms in total. The van der Waals surface area contributed by atoms with E-state index in [9.17, 15) is 9.90 Å². The maximum Gasteiger partial charge on any atom is 0.346 e. The Balaban J connectivity index is 2.09. The molecule has 1 N–H and O–H groups in total. The zero-order chi connectivity index (χ0) is 18.8. The third kappa shape index (κ3) is 3.47. The number of carbonyl (C=O) groups is 1. The van der Waals surface area contributed by atoms with Crippen molar-refractivity contribution in [1.29, 1.82) is 0 Å². The largest absolute Gasteiger partial charge is 0.504 e. The van der Waals surface area contributed by atoms with Gasteiger partial charge in [-0.15, -0.1) is 0 Å². The summed E-state index contributed by atoms with van der Waals surface area (Å²) in [6, 6.07) is 7.10. The first-order valence-electron chi connectivity index (χ1n) is 8.78. The molecule has 2 aromatic rings. The molecule has 5 heteroatoms. The van der Waals surface area contributed by atoms with Crippen molar-refractivity contribution in [2.45, 2.75) is 40.2 Å². The van der Waals surface area contributed by atoms with Crippen LogP contribution in [-0.4, -0.2) is 18.2 Å². The lowest BCUT2D eigenvalue weighted by atomic mass is 9.99. The van der Waals surface area contributed by atoms with E-state index in [0.717, 1.165) is 24.0 Å². The van der Waals surface area contributed by atoms with E-state index in [1.807, 2.05) is 19.1 Å². The van der Waals surface area contributed by atoms with Crippen LogP contribution in [0.25, 0.3) is 0 Å². The Hall–Kier alpha value is -2.69. The average molecular weight is 356 g/mol. The summed E-state index contributed by atoms with van der Waals surface area (Å²) in [5.74, 6) is 1.17. The molecule has 0 radical (unpaired) electrons. The summed E-state index contributed by atoms with van der Waals surface area (Å²) in [7, 11) is 1.54. The van der Waals surface area contributed by atoms with Crippen molar-refractivity contribution >= 4 is 5.97 Å². The topological polar surface area (TPSA) is 65.0 Å². The van der Waals surface area contributed by atoms with Crippen LogP contribution in [0.5, 0.6) is 23.0 Å². The highest BCUT2D eigenvalue weighted by Gasteiger charge is 2.27. The molecule has 26 heavy (non-hydrogen) atoms. The standard InChI is InChI=1S/C21H24O5/c1-12(2)5-6-14-7-8-17-18(20(14)24-4)21(23)25-11-15-9-13(3)10-16(22)19(15)26-17/h7-10,12,22H,5-6,11H2,1-4H3. The van der Waals surface area contributed by atoms with Gasteiger partial charge in [0.15, 0.2) is 11.5 Å². The molecule has 0 aliphatic carbocycles. The molecular formula is C21H24O5. The average Bonchev–Trinajstić information content (AvgIpc) is 2.58. The van der Waals surface area contributed by atoms with Crippen molar-refractivity contribution < 1.29 is 24.1 Å². The summed E-state index contributed by atoms with van der Waals surface area (Å²) < 4.78 is 16.9. The number of phenolic OH excluding ortho intramolecular Hbond substituents is 1. The lowest BCUT2D eigenvalue weighted by Gasteiger charge is -2.22. The van der Waals surface area contributed by atoms with Gasteiger partial charge in [0.2, 0.25) is 0 Å². The molecule has 0 amide bonds. The molecule has 0 spiro atoms. The monoisotopic (exact) mass is 356 g/mol. The second-order valence-electron chi connectivity index (χ2n) is 7.01. The minimum absolute atomic E-state index is 0.0201. The Morgan fingerprint density at radius 2 is 2.04 bits per heavy atom. The molecule has 138 valence electrons. The third-order valence-corrected chi connectivity index (χ3v) is 4.46. The molecule has 2 aromatic carbocycles. The second kappa shape index (κ2) is 7.28. The zero-order valence-electron chi connectivity index (χ0n) is 15.6. The fraction of sp³-hybridized carbons (Fsp3) is 0.381.